The predicted molar refractivity (Wildman–Crippen MR) is 180 cm³/mol. The van der Waals surface area contributed by atoms with Gasteiger partial charge in [-0.1, -0.05) is 37.3 Å². The number of benzene rings is 3. The summed E-state index contributed by atoms with van der Waals surface area (Å²) in [5, 5.41) is 13.5. The van der Waals surface area contributed by atoms with Crippen molar-refractivity contribution in [1.82, 2.24) is 23.9 Å². The van der Waals surface area contributed by atoms with Gasteiger partial charge < -0.3 is 14.7 Å². The summed E-state index contributed by atoms with van der Waals surface area (Å²) in [7, 11) is -3.55. The van der Waals surface area contributed by atoms with E-state index in [1.807, 2.05) is 25.1 Å². The lowest BCUT2D eigenvalue weighted by atomic mass is 9.95. The van der Waals surface area contributed by atoms with Crippen molar-refractivity contribution in [2.24, 2.45) is 0 Å². The number of phenolic OH excluding ortho intramolecular Hbond substituents is 1. The van der Waals surface area contributed by atoms with Crippen molar-refractivity contribution in [3.63, 3.8) is 0 Å². The van der Waals surface area contributed by atoms with Crippen LogP contribution in [0.4, 0.5) is 5.82 Å². The average molecular weight is 643 g/mol. The first-order chi connectivity index (χ1) is 22.3. The molecule has 4 saturated heterocycles. The van der Waals surface area contributed by atoms with Crippen molar-refractivity contribution in [2.75, 3.05) is 44.2 Å². The molecule has 0 spiro atoms. The van der Waals surface area contributed by atoms with Crippen molar-refractivity contribution in [1.29, 1.82) is 0 Å². The molecule has 2 N–H and O–H groups in total. The molecule has 1 aromatic heterocycles. The second-order valence-electron chi connectivity index (χ2n) is 13.5. The molecule has 0 saturated carbocycles. The number of nitrogens with one attached hydrogen (secondary N) is 1. The Hall–Kier alpha value is -3.51. The highest BCUT2D eigenvalue weighted by atomic mass is 32.2. The number of ether oxygens (including phenoxy) is 1. The van der Waals surface area contributed by atoms with E-state index in [0.717, 1.165) is 83.8 Å². The van der Waals surface area contributed by atoms with Crippen LogP contribution in [-0.2, 0) is 10.2 Å². The van der Waals surface area contributed by atoms with Gasteiger partial charge in [-0.05, 0) is 104 Å². The van der Waals surface area contributed by atoms with Crippen LogP contribution in [-0.4, -0.2) is 89.7 Å². The maximum atomic E-state index is 13.2. The molecule has 2 atom stereocenters. The van der Waals surface area contributed by atoms with Crippen molar-refractivity contribution in [3.05, 3.63) is 54.6 Å². The number of piperazine rings is 1. The first-order valence-corrected chi connectivity index (χ1v) is 18.2. The van der Waals surface area contributed by atoms with Gasteiger partial charge in [-0.3, -0.25) is 4.90 Å². The molecule has 46 heavy (non-hydrogen) atoms. The molecular formula is C35H42N6O4S. The van der Waals surface area contributed by atoms with Crippen LogP contribution in [0.5, 0.6) is 11.8 Å². The van der Waals surface area contributed by atoms with Crippen molar-refractivity contribution >= 4 is 37.7 Å². The number of hydrogen-bond acceptors (Lipinski definition) is 8. The Morgan fingerprint density at radius 3 is 2.50 bits per heavy atom. The van der Waals surface area contributed by atoms with E-state index < -0.39 is 10.2 Å². The van der Waals surface area contributed by atoms with Gasteiger partial charge in [0.2, 0.25) is 0 Å². The number of nitrogens with zero attached hydrogens (tertiary/aromatic N) is 5. The predicted octanol–water partition coefficient (Wildman–Crippen LogP) is 5.06. The second kappa shape index (κ2) is 11.6. The smallest absolute Gasteiger partial charge is 0.319 e. The quantitative estimate of drug-likeness (QED) is 0.261. The Morgan fingerprint density at radius 2 is 1.74 bits per heavy atom. The lowest BCUT2D eigenvalue weighted by molar-refractivity contribution is 0.108. The van der Waals surface area contributed by atoms with Crippen LogP contribution >= 0.6 is 0 Å². The van der Waals surface area contributed by atoms with Gasteiger partial charge in [0, 0.05) is 37.1 Å². The molecule has 10 nitrogen and oxygen atoms in total. The van der Waals surface area contributed by atoms with Gasteiger partial charge in [-0.2, -0.15) is 22.7 Å². The van der Waals surface area contributed by atoms with Gasteiger partial charge in [0.15, 0.2) is 0 Å². The highest BCUT2D eigenvalue weighted by Crippen LogP contribution is 2.41. The minimum absolute atomic E-state index is 0.0609. The zero-order valence-electron chi connectivity index (χ0n) is 26.4. The number of rotatable bonds is 9. The molecule has 4 aromatic rings. The number of hydrogen-bond donors (Lipinski definition) is 2. The van der Waals surface area contributed by atoms with E-state index >= 15 is 0 Å². The molecule has 0 radical (unpaired) electrons. The maximum Gasteiger partial charge on any atom is 0.319 e. The summed E-state index contributed by atoms with van der Waals surface area (Å²) in [4.78, 5) is 14.8. The fourth-order valence-corrected chi connectivity index (χ4v) is 10.2. The normalized spacial score (nSPS) is 23.0. The number of phenols is 1. The maximum absolute atomic E-state index is 13.2. The third-order valence-electron chi connectivity index (χ3n) is 10.6. The van der Waals surface area contributed by atoms with Crippen LogP contribution in [0.1, 0.15) is 51.9 Å². The van der Waals surface area contributed by atoms with Crippen LogP contribution in [0.25, 0.3) is 32.8 Å². The van der Waals surface area contributed by atoms with Crippen LogP contribution in [0, 0.1) is 0 Å². The summed E-state index contributed by atoms with van der Waals surface area (Å²) in [6, 6.07) is 18.0. The first-order valence-electron chi connectivity index (χ1n) is 16.8. The standard InChI is InChI=1S/C35H42N6O4S/c1-2-15-36-46(43,44)41-26-10-11-27(41)22-39(21-26)33-30-12-9-25(31-20-28(42)18-24-7-3-4-8-29(24)31)19-32(30)37-34(38-33)45-23-35-13-5-16-40(35)17-6-14-35/h3-4,7-9,12,18-20,26-27,36,42H,2,5-6,10-11,13-17,21-23H2,1H3/t26-,27+. The summed E-state index contributed by atoms with van der Waals surface area (Å²) in [6.07, 6.45) is 7.06. The number of fused-ring (bicyclic) bond motifs is 5. The van der Waals surface area contributed by atoms with Crippen LogP contribution in [0.2, 0.25) is 0 Å². The van der Waals surface area contributed by atoms with Crippen molar-refractivity contribution in [3.8, 4) is 22.9 Å². The molecule has 0 amide bonds. The zero-order chi connectivity index (χ0) is 31.5. The third kappa shape index (κ3) is 5.17. The Morgan fingerprint density at radius 1 is 0.978 bits per heavy atom. The summed E-state index contributed by atoms with van der Waals surface area (Å²) in [5.41, 5.74) is 2.71. The number of aromatic hydroxyl groups is 1. The SMILES string of the molecule is CCCNS(=O)(=O)N1[C@@H]2CC[C@H]1CN(c1nc(OCC34CCCN3CCC4)nc3cc(-c4cc(O)cc5ccccc45)ccc13)C2. The van der Waals surface area contributed by atoms with Gasteiger partial charge in [-0.25, -0.2) is 4.72 Å². The van der Waals surface area contributed by atoms with Crippen LogP contribution < -0.4 is 14.4 Å². The largest absolute Gasteiger partial charge is 0.508 e. The van der Waals surface area contributed by atoms with Gasteiger partial charge in [-0.15, -0.1) is 0 Å². The lowest BCUT2D eigenvalue weighted by Gasteiger charge is -2.40. The van der Waals surface area contributed by atoms with Crippen LogP contribution in [0.3, 0.4) is 0 Å². The molecule has 242 valence electrons. The number of anilines is 1. The monoisotopic (exact) mass is 642 g/mol. The molecule has 8 rings (SSSR count). The molecule has 0 unspecified atom stereocenters. The molecule has 5 heterocycles. The van der Waals surface area contributed by atoms with Gasteiger partial charge in [0.05, 0.1) is 11.1 Å². The fraction of sp³-hybridized carbons (Fsp3) is 0.486. The zero-order valence-corrected chi connectivity index (χ0v) is 27.2. The van der Waals surface area contributed by atoms with E-state index in [1.54, 1.807) is 16.4 Å². The van der Waals surface area contributed by atoms with Crippen molar-refractivity contribution < 1.29 is 18.3 Å². The molecule has 3 aromatic carbocycles. The first kappa shape index (κ1) is 29.9. The molecule has 2 bridgehead atoms. The highest BCUT2D eigenvalue weighted by Gasteiger charge is 2.47. The van der Waals surface area contributed by atoms with Crippen molar-refractivity contribution in [2.45, 2.75) is 69.5 Å². The number of aromatic nitrogens is 2. The summed E-state index contributed by atoms with van der Waals surface area (Å²) in [6.45, 7) is 6.34. The Labute approximate surface area is 270 Å². The van der Waals surface area contributed by atoms with E-state index in [2.05, 4.69) is 38.8 Å². The lowest BCUT2D eigenvalue weighted by Crippen LogP contribution is -2.58. The van der Waals surface area contributed by atoms with E-state index in [4.69, 9.17) is 14.7 Å². The van der Waals surface area contributed by atoms with E-state index in [9.17, 15) is 13.5 Å². The summed E-state index contributed by atoms with van der Waals surface area (Å²) in [5.74, 6) is 1.00. The summed E-state index contributed by atoms with van der Waals surface area (Å²) < 4.78 is 37.5. The Balaban J connectivity index is 1.18. The summed E-state index contributed by atoms with van der Waals surface area (Å²) >= 11 is 0. The van der Waals surface area contributed by atoms with Crippen LogP contribution in [0.15, 0.2) is 54.6 Å². The highest BCUT2D eigenvalue weighted by molar-refractivity contribution is 7.87. The minimum atomic E-state index is -3.55. The third-order valence-corrected chi connectivity index (χ3v) is 12.3. The van der Waals surface area contributed by atoms with Gasteiger partial charge in [0.25, 0.3) is 10.2 Å². The Kier molecular flexibility index (Phi) is 7.55. The molecule has 11 heteroatoms. The second-order valence-corrected chi connectivity index (χ2v) is 15.2. The van der Waals surface area contributed by atoms with E-state index in [1.165, 1.54) is 12.8 Å². The van der Waals surface area contributed by atoms with E-state index in [-0.39, 0.29) is 23.4 Å². The molecule has 4 fully saturated rings. The molecular weight excluding hydrogens is 600 g/mol. The molecule has 4 aliphatic heterocycles. The fourth-order valence-electron chi connectivity index (χ4n) is 8.49. The topological polar surface area (TPSA) is 111 Å². The van der Waals surface area contributed by atoms with E-state index in [0.29, 0.717) is 32.3 Å². The van der Waals surface area contributed by atoms with Gasteiger partial charge in [0.1, 0.15) is 18.2 Å². The molecule has 4 aliphatic rings. The van der Waals surface area contributed by atoms with Gasteiger partial charge >= 0.3 is 6.01 Å². The molecule has 0 aliphatic carbocycles. The minimum Gasteiger partial charge on any atom is -0.508 e. The average Bonchev–Trinajstić information content (AvgIpc) is 3.73. The Bertz CT molecular complexity index is 1880.